The van der Waals surface area contributed by atoms with Crippen LogP contribution in [0, 0.1) is 0 Å². The Morgan fingerprint density at radius 2 is 2.15 bits per heavy atom. The van der Waals surface area contributed by atoms with E-state index in [1.807, 2.05) is 0 Å². The van der Waals surface area contributed by atoms with E-state index in [0.717, 1.165) is 51.4 Å². The van der Waals surface area contributed by atoms with Crippen LogP contribution in [0.5, 0.6) is 0 Å². The molecule has 3 rings (SSSR count). The lowest BCUT2D eigenvalue weighted by molar-refractivity contribution is 0.0183. The molecule has 110 valence electrons. The average Bonchev–Trinajstić information content (AvgIpc) is 3.09. The van der Waals surface area contributed by atoms with Gasteiger partial charge < -0.3 is 14.3 Å². The molecule has 0 radical (unpaired) electrons. The molecule has 6 nitrogen and oxygen atoms in total. The zero-order chi connectivity index (χ0) is 13.9. The number of nitrogens with zero attached hydrogens (tertiary/aromatic N) is 2. The number of rotatable bonds is 4. The zero-order valence-corrected chi connectivity index (χ0v) is 11.5. The number of carboxylic acid groups (broad SMARTS) is 1. The molecule has 2 aliphatic rings. The fourth-order valence-corrected chi connectivity index (χ4v) is 3.09. The summed E-state index contributed by atoms with van der Waals surface area (Å²) in [5.41, 5.74) is 0.764. The van der Waals surface area contributed by atoms with Crippen molar-refractivity contribution in [3.63, 3.8) is 0 Å². The van der Waals surface area contributed by atoms with E-state index in [-0.39, 0.29) is 5.76 Å². The molecule has 3 heterocycles. The van der Waals surface area contributed by atoms with Crippen molar-refractivity contribution in [2.24, 2.45) is 0 Å². The second-order valence-corrected chi connectivity index (χ2v) is 5.41. The van der Waals surface area contributed by atoms with Crippen molar-refractivity contribution < 1.29 is 19.1 Å². The Balaban J connectivity index is 1.57. The first kappa shape index (κ1) is 13.6. The number of hydrogen-bond acceptors (Lipinski definition) is 5. The topological polar surface area (TPSA) is 66.2 Å². The molecule has 0 aliphatic carbocycles. The molecule has 0 aromatic carbocycles. The largest absolute Gasteiger partial charge is 0.475 e. The third-order valence-electron chi connectivity index (χ3n) is 4.14. The molecule has 20 heavy (non-hydrogen) atoms. The van der Waals surface area contributed by atoms with E-state index in [4.69, 9.17) is 14.3 Å². The SMILES string of the molecule is O=C(O)c1occc1CN1CCC(N2CCOCC2)C1. The Labute approximate surface area is 117 Å². The van der Waals surface area contributed by atoms with E-state index in [1.165, 1.54) is 6.26 Å². The summed E-state index contributed by atoms with van der Waals surface area (Å²) < 4.78 is 10.4. The summed E-state index contributed by atoms with van der Waals surface area (Å²) in [6, 6.07) is 2.32. The van der Waals surface area contributed by atoms with Crippen LogP contribution in [-0.2, 0) is 11.3 Å². The van der Waals surface area contributed by atoms with E-state index in [9.17, 15) is 4.79 Å². The van der Waals surface area contributed by atoms with Gasteiger partial charge in [0.15, 0.2) is 0 Å². The van der Waals surface area contributed by atoms with E-state index in [1.54, 1.807) is 6.07 Å². The van der Waals surface area contributed by atoms with Gasteiger partial charge in [0.2, 0.25) is 5.76 Å². The molecule has 1 aromatic rings. The molecule has 0 bridgehead atoms. The quantitative estimate of drug-likeness (QED) is 0.883. The Morgan fingerprint density at radius 1 is 1.35 bits per heavy atom. The second-order valence-electron chi connectivity index (χ2n) is 5.41. The molecule has 2 fully saturated rings. The lowest BCUT2D eigenvalue weighted by atomic mass is 10.2. The van der Waals surface area contributed by atoms with Crippen molar-refractivity contribution in [1.82, 2.24) is 9.80 Å². The van der Waals surface area contributed by atoms with Crippen LogP contribution < -0.4 is 0 Å². The highest BCUT2D eigenvalue weighted by atomic mass is 16.5. The summed E-state index contributed by atoms with van der Waals surface area (Å²) in [7, 11) is 0. The maximum atomic E-state index is 11.0. The van der Waals surface area contributed by atoms with Crippen molar-refractivity contribution in [3.8, 4) is 0 Å². The van der Waals surface area contributed by atoms with Crippen molar-refractivity contribution in [2.75, 3.05) is 39.4 Å². The highest BCUT2D eigenvalue weighted by Crippen LogP contribution is 2.21. The second kappa shape index (κ2) is 5.95. The highest BCUT2D eigenvalue weighted by Gasteiger charge is 2.29. The molecule has 2 saturated heterocycles. The third kappa shape index (κ3) is 2.87. The van der Waals surface area contributed by atoms with Crippen LogP contribution in [0.2, 0.25) is 0 Å². The summed E-state index contributed by atoms with van der Waals surface area (Å²) in [5.74, 6) is -0.922. The van der Waals surface area contributed by atoms with Gasteiger partial charge in [0.1, 0.15) is 0 Å². The summed E-state index contributed by atoms with van der Waals surface area (Å²) in [5, 5.41) is 9.05. The van der Waals surface area contributed by atoms with Gasteiger partial charge in [-0.05, 0) is 12.5 Å². The van der Waals surface area contributed by atoms with Gasteiger partial charge in [-0.25, -0.2) is 4.79 Å². The Kier molecular flexibility index (Phi) is 4.05. The smallest absolute Gasteiger partial charge is 0.372 e. The molecule has 1 aromatic heterocycles. The van der Waals surface area contributed by atoms with E-state index >= 15 is 0 Å². The van der Waals surface area contributed by atoms with Crippen molar-refractivity contribution in [2.45, 2.75) is 19.0 Å². The van der Waals surface area contributed by atoms with Gasteiger partial charge in [-0.2, -0.15) is 0 Å². The van der Waals surface area contributed by atoms with Crippen LogP contribution in [0.15, 0.2) is 16.7 Å². The molecule has 1 atom stereocenters. The summed E-state index contributed by atoms with van der Waals surface area (Å²) in [6.07, 6.45) is 2.59. The minimum absolute atomic E-state index is 0.0693. The van der Waals surface area contributed by atoms with Gasteiger partial charge in [-0.15, -0.1) is 0 Å². The Bertz CT molecular complexity index is 467. The standard InChI is InChI=1S/C14H20N2O4/c17-14(18)13-11(2-6-20-13)9-15-3-1-12(10-15)16-4-7-19-8-5-16/h2,6,12H,1,3-5,7-10H2,(H,17,18). The van der Waals surface area contributed by atoms with Gasteiger partial charge >= 0.3 is 5.97 Å². The molecular formula is C14H20N2O4. The van der Waals surface area contributed by atoms with Crippen LogP contribution in [0.25, 0.3) is 0 Å². The van der Waals surface area contributed by atoms with Crippen LogP contribution in [0.3, 0.4) is 0 Å². The lowest BCUT2D eigenvalue weighted by Gasteiger charge is -2.32. The minimum atomic E-state index is -0.992. The molecule has 0 spiro atoms. The highest BCUT2D eigenvalue weighted by molar-refractivity contribution is 5.86. The predicted molar refractivity (Wildman–Crippen MR) is 71.7 cm³/mol. The molecule has 0 amide bonds. The summed E-state index contributed by atoms with van der Waals surface area (Å²) in [6.45, 7) is 6.30. The number of ether oxygens (including phenoxy) is 1. The van der Waals surface area contributed by atoms with Crippen molar-refractivity contribution in [1.29, 1.82) is 0 Å². The van der Waals surface area contributed by atoms with Crippen molar-refractivity contribution >= 4 is 5.97 Å². The van der Waals surface area contributed by atoms with E-state index < -0.39 is 5.97 Å². The number of aromatic carboxylic acids is 1. The Morgan fingerprint density at radius 3 is 2.90 bits per heavy atom. The van der Waals surface area contributed by atoms with Gasteiger partial charge in [-0.3, -0.25) is 9.80 Å². The van der Waals surface area contributed by atoms with Crippen molar-refractivity contribution in [3.05, 3.63) is 23.7 Å². The third-order valence-corrected chi connectivity index (χ3v) is 4.14. The summed E-state index contributed by atoms with van der Waals surface area (Å²) >= 11 is 0. The first-order valence-electron chi connectivity index (χ1n) is 7.08. The molecule has 1 N–H and O–H groups in total. The normalized spacial score (nSPS) is 25.1. The van der Waals surface area contributed by atoms with E-state index in [2.05, 4.69) is 9.80 Å². The number of hydrogen-bond donors (Lipinski definition) is 1. The number of furan rings is 1. The lowest BCUT2D eigenvalue weighted by Crippen LogP contribution is -2.44. The van der Waals surface area contributed by atoms with E-state index in [0.29, 0.717) is 12.6 Å². The zero-order valence-electron chi connectivity index (χ0n) is 11.5. The maximum Gasteiger partial charge on any atom is 0.372 e. The van der Waals surface area contributed by atoms with Crippen LogP contribution in [-0.4, -0.2) is 66.3 Å². The van der Waals surface area contributed by atoms with Gasteiger partial charge in [0.05, 0.1) is 19.5 Å². The molecule has 2 aliphatic heterocycles. The van der Waals surface area contributed by atoms with Crippen LogP contribution in [0.1, 0.15) is 22.5 Å². The van der Waals surface area contributed by atoms with Gasteiger partial charge in [0.25, 0.3) is 0 Å². The average molecular weight is 280 g/mol. The fourth-order valence-electron chi connectivity index (χ4n) is 3.09. The number of carboxylic acids is 1. The number of morpholine rings is 1. The first-order chi connectivity index (χ1) is 9.74. The van der Waals surface area contributed by atoms with Crippen LogP contribution in [0.4, 0.5) is 0 Å². The van der Waals surface area contributed by atoms with Gasteiger partial charge in [0, 0.05) is 44.3 Å². The van der Waals surface area contributed by atoms with Gasteiger partial charge in [-0.1, -0.05) is 0 Å². The number of carbonyl (C=O) groups is 1. The minimum Gasteiger partial charge on any atom is -0.475 e. The molecule has 0 saturated carbocycles. The molecule has 6 heteroatoms. The molecular weight excluding hydrogens is 260 g/mol. The number of likely N-dealkylation sites (tertiary alicyclic amines) is 1. The molecule has 1 unspecified atom stereocenters. The monoisotopic (exact) mass is 280 g/mol. The maximum absolute atomic E-state index is 11.0. The summed E-state index contributed by atoms with van der Waals surface area (Å²) in [4.78, 5) is 15.8. The first-order valence-corrected chi connectivity index (χ1v) is 7.08. The fraction of sp³-hybridized carbons (Fsp3) is 0.643. The Hall–Kier alpha value is -1.37. The van der Waals surface area contributed by atoms with Crippen LogP contribution >= 0.6 is 0 Å². The predicted octanol–water partition coefficient (Wildman–Crippen LogP) is 0.884.